The average molecular weight is 226 g/mol. The first-order chi connectivity index (χ1) is 7.72. The summed E-state index contributed by atoms with van der Waals surface area (Å²) in [7, 11) is 0. The second-order valence-corrected chi connectivity index (χ2v) is 4.37. The number of hydrogen-bond donors (Lipinski definition) is 1. The number of likely N-dealkylation sites (tertiary alicyclic amines) is 1. The maximum atomic E-state index is 11.8. The van der Waals surface area contributed by atoms with E-state index < -0.39 is 0 Å². The van der Waals surface area contributed by atoms with Gasteiger partial charge in [-0.05, 0) is 19.3 Å². The van der Waals surface area contributed by atoms with Gasteiger partial charge >= 0.3 is 0 Å². The summed E-state index contributed by atoms with van der Waals surface area (Å²) in [5.41, 5.74) is 0. The Bertz CT molecular complexity index is 287. The van der Waals surface area contributed by atoms with Crippen LogP contribution in [0.3, 0.4) is 0 Å². The van der Waals surface area contributed by atoms with E-state index in [0.29, 0.717) is 18.9 Å². The zero-order chi connectivity index (χ0) is 11.5. The Hall–Kier alpha value is -0.940. The fourth-order valence-corrected chi connectivity index (χ4v) is 2.23. The van der Waals surface area contributed by atoms with Crippen molar-refractivity contribution in [1.29, 1.82) is 0 Å². The highest BCUT2D eigenvalue weighted by Crippen LogP contribution is 2.15. The molecule has 2 aliphatic heterocycles. The van der Waals surface area contributed by atoms with Crippen LogP contribution in [0.1, 0.15) is 19.8 Å². The van der Waals surface area contributed by atoms with E-state index in [0.717, 1.165) is 26.2 Å². The standard InChI is InChI=1S/C11H18N2O3/c1-2-13-10(14)5-9(11(13)15)12-6-8-3-4-16-7-8/h8-9,12H,2-7H2,1H3. The van der Waals surface area contributed by atoms with Crippen molar-refractivity contribution >= 4 is 11.8 Å². The molecule has 0 aromatic rings. The Morgan fingerprint density at radius 2 is 2.31 bits per heavy atom. The first kappa shape index (κ1) is 11.5. The first-order valence-electron chi connectivity index (χ1n) is 5.87. The lowest BCUT2D eigenvalue weighted by Gasteiger charge is -2.14. The van der Waals surface area contributed by atoms with Gasteiger partial charge in [0.15, 0.2) is 0 Å². The van der Waals surface area contributed by atoms with Crippen LogP contribution in [0.5, 0.6) is 0 Å². The summed E-state index contributed by atoms with van der Waals surface area (Å²) in [4.78, 5) is 24.5. The average Bonchev–Trinajstić information content (AvgIpc) is 2.85. The van der Waals surface area contributed by atoms with Crippen LogP contribution in [-0.4, -0.2) is 49.1 Å². The zero-order valence-corrected chi connectivity index (χ0v) is 9.57. The smallest absolute Gasteiger partial charge is 0.246 e. The number of carbonyl (C=O) groups is 2. The Morgan fingerprint density at radius 3 is 2.88 bits per heavy atom. The van der Waals surface area contributed by atoms with Crippen LogP contribution in [0.15, 0.2) is 0 Å². The molecule has 0 spiro atoms. The Morgan fingerprint density at radius 1 is 1.50 bits per heavy atom. The van der Waals surface area contributed by atoms with E-state index in [-0.39, 0.29) is 17.9 Å². The number of likely N-dealkylation sites (N-methyl/N-ethyl adjacent to an activating group) is 1. The van der Waals surface area contributed by atoms with Crippen molar-refractivity contribution in [3.63, 3.8) is 0 Å². The van der Waals surface area contributed by atoms with Crippen molar-refractivity contribution < 1.29 is 14.3 Å². The van der Waals surface area contributed by atoms with Crippen LogP contribution < -0.4 is 5.32 Å². The number of nitrogens with one attached hydrogen (secondary N) is 1. The van der Waals surface area contributed by atoms with Gasteiger partial charge in [-0.2, -0.15) is 0 Å². The van der Waals surface area contributed by atoms with Crippen molar-refractivity contribution in [2.45, 2.75) is 25.8 Å². The highest BCUT2D eigenvalue weighted by atomic mass is 16.5. The van der Waals surface area contributed by atoms with Crippen molar-refractivity contribution in [3.05, 3.63) is 0 Å². The number of amides is 2. The molecule has 0 aromatic carbocycles. The van der Waals surface area contributed by atoms with E-state index in [9.17, 15) is 9.59 Å². The minimum Gasteiger partial charge on any atom is -0.381 e. The highest BCUT2D eigenvalue weighted by Gasteiger charge is 2.37. The van der Waals surface area contributed by atoms with Gasteiger partial charge in [0.25, 0.3) is 0 Å². The quantitative estimate of drug-likeness (QED) is 0.672. The molecule has 2 fully saturated rings. The van der Waals surface area contributed by atoms with E-state index in [1.807, 2.05) is 6.92 Å². The van der Waals surface area contributed by atoms with Crippen LogP contribution in [-0.2, 0) is 14.3 Å². The van der Waals surface area contributed by atoms with Crippen molar-refractivity contribution in [2.24, 2.45) is 5.92 Å². The summed E-state index contributed by atoms with van der Waals surface area (Å²) >= 11 is 0. The first-order valence-corrected chi connectivity index (χ1v) is 5.87. The van der Waals surface area contributed by atoms with Crippen LogP contribution in [0.25, 0.3) is 0 Å². The molecule has 1 N–H and O–H groups in total. The van der Waals surface area contributed by atoms with Gasteiger partial charge in [0, 0.05) is 19.7 Å². The molecule has 0 bridgehead atoms. The van der Waals surface area contributed by atoms with Crippen LogP contribution in [0, 0.1) is 5.92 Å². The number of imide groups is 1. The van der Waals surface area contributed by atoms with E-state index in [1.165, 1.54) is 4.90 Å². The maximum absolute atomic E-state index is 11.8. The van der Waals surface area contributed by atoms with Gasteiger partial charge < -0.3 is 10.1 Å². The molecule has 2 amide bonds. The van der Waals surface area contributed by atoms with Gasteiger partial charge in [-0.1, -0.05) is 0 Å². The third kappa shape index (κ3) is 2.25. The van der Waals surface area contributed by atoms with Gasteiger partial charge in [0.2, 0.25) is 11.8 Å². The molecule has 0 aliphatic carbocycles. The van der Waals surface area contributed by atoms with E-state index in [4.69, 9.17) is 4.74 Å². The molecule has 90 valence electrons. The number of carbonyl (C=O) groups excluding carboxylic acids is 2. The molecule has 16 heavy (non-hydrogen) atoms. The molecule has 2 heterocycles. The molecule has 0 radical (unpaired) electrons. The lowest BCUT2D eigenvalue weighted by molar-refractivity contribution is -0.138. The Balaban J connectivity index is 1.82. The zero-order valence-electron chi connectivity index (χ0n) is 9.57. The number of hydrogen-bond acceptors (Lipinski definition) is 4. The summed E-state index contributed by atoms with van der Waals surface area (Å²) < 4.78 is 5.26. The largest absolute Gasteiger partial charge is 0.381 e. The fourth-order valence-electron chi connectivity index (χ4n) is 2.23. The van der Waals surface area contributed by atoms with Crippen LogP contribution in [0.4, 0.5) is 0 Å². The molecule has 2 unspecified atom stereocenters. The second kappa shape index (κ2) is 4.93. The highest BCUT2D eigenvalue weighted by molar-refractivity contribution is 6.05. The monoisotopic (exact) mass is 226 g/mol. The predicted octanol–water partition coefficient (Wildman–Crippen LogP) is -0.240. The van der Waals surface area contributed by atoms with Gasteiger partial charge in [-0.15, -0.1) is 0 Å². The summed E-state index contributed by atoms with van der Waals surface area (Å²) in [6.45, 7) is 4.64. The lowest BCUT2D eigenvalue weighted by atomic mass is 10.1. The van der Waals surface area contributed by atoms with E-state index in [2.05, 4.69) is 5.32 Å². The van der Waals surface area contributed by atoms with Gasteiger partial charge in [0.1, 0.15) is 0 Å². The Labute approximate surface area is 95.1 Å². The minimum absolute atomic E-state index is 0.0623. The normalized spacial score (nSPS) is 30.4. The lowest BCUT2D eigenvalue weighted by Crippen LogP contribution is -2.40. The molecular formula is C11H18N2O3. The third-order valence-electron chi connectivity index (χ3n) is 3.24. The predicted molar refractivity (Wildman–Crippen MR) is 57.7 cm³/mol. The molecule has 2 rings (SSSR count). The molecule has 2 aliphatic rings. The molecule has 5 nitrogen and oxygen atoms in total. The van der Waals surface area contributed by atoms with Crippen molar-refractivity contribution in [1.82, 2.24) is 10.2 Å². The molecule has 5 heteroatoms. The topological polar surface area (TPSA) is 58.6 Å². The van der Waals surface area contributed by atoms with Gasteiger partial charge in [-0.3, -0.25) is 14.5 Å². The van der Waals surface area contributed by atoms with Gasteiger partial charge in [-0.25, -0.2) is 0 Å². The molecular weight excluding hydrogens is 208 g/mol. The van der Waals surface area contributed by atoms with Crippen molar-refractivity contribution in [3.8, 4) is 0 Å². The maximum Gasteiger partial charge on any atom is 0.246 e. The summed E-state index contributed by atoms with van der Waals surface area (Å²) in [5, 5.41) is 3.18. The minimum atomic E-state index is -0.312. The number of ether oxygens (including phenoxy) is 1. The Kier molecular flexibility index (Phi) is 3.56. The summed E-state index contributed by atoms with van der Waals surface area (Å²) in [6, 6.07) is -0.312. The van der Waals surface area contributed by atoms with Gasteiger partial charge in [0.05, 0.1) is 19.1 Å². The molecule has 2 saturated heterocycles. The molecule has 0 aromatic heterocycles. The SMILES string of the molecule is CCN1C(=O)CC(NCC2CCOC2)C1=O. The number of rotatable bonds is 4. The summed E-state index contributed by atoms with van der Waals surface area (Å²) in [6.07, 6.45) is 1.35. The molecule has 0 saturated carbocycles. The van der Waals surface area contributed by atoms with E-state index >= 15 is 0 Å². The molecule has 2 atom stereocenters. The summed E-state index contributed by atoms with van der Waals surface area (Å²) in [5.74, 6) is 0.345. The van der Waals surface area contributed by atoms with Crippen LogP contribution in [0.2, 0.25) is 0 Å². The van der Waals surface area contributed by atoms with Crippen molar-refractivity contribution in [2.75, 3.05) is 26.3 Å². The van der Waals surface area contributed by atoms with E-state index in [1.54, 1.807) is 0 Å². The number of nitrogens with zero attached hydrogens (tertiary/aromatic N) is 1. The third-order valence-corrected chi connectivity index (χ3v) is 3.24. The second-order valence-electron chi connectivity index (χ2n) is 4.37. The van der Waals surface area contributed by atoms with Crippen LogP contribution >= 0.6 is 0 Å². The fraction of sp³-hybridized carbons (Fsp3) is 0.818.